The first-order valence-corrected chi connectivity index (χ1v) is 4.85. The minimum atomic E-state index is -0.0714. The average Bonchev–Trinajstić information content (AvgIpc) is 2.20. The molecule has 1 rings (SSSR count). The molecule has 0 aromatic heterocycles. The topological polar surface area (TPSA) is 40.9 Å². The van der Waals surface area contributed by atoms with Crippen molar-refractivity contribution in [2.24, 2.45) is 0 Å². The van der Waals surface area contributed by atoms with Crippen molar-refractivity contribution in [2.45, 2.75) is 6.42 Å². The Morgan fingerprint density at radius 1 is 1.50 bits per heavy atom. The van der Waals surface area contributed by atoms with E-state index in [1.807, 2.05) is 6.07 Å². The number of alkyl halides is 1. The standard InChI is InChI=1S/C10H7Cl2NO/c11-5-9(14)4-7-1-2-10(12)8(3-7)6-13/h1-3H,4-5H2. The van der Waals surface area contributed by atoms with Crippen molar-refractivity contribution in [3.05, 3.63) is 34.3 Å². The molecule has 0 fully saturated rings. The third-order valence-electron chi connectivity index (χ3n) is 1.70. The first-order valence-electron chi connectivity index (χ1n) is 3.93. The number of carbonyl (C=O) groups excluding carboxylic acids is 1. The van der Waals surface area contributed by atoms with Crippen LogP contribution in [0, 0.1) is 11.3 Å². The van der Waals surface area contributed by atoms with Crippen molar-refractivity contribution in [3.8, 4) is 6.07 Å². The summed E-state index contributed by atoms with van der Waals surface area (Å²) in [6, 6.07) is 6.88. The van der Waals surface area contributed by atoms with Crippen LogP contribution < -0.4 is 0 Å². The van der Waals surface area contributed by atoms with Crippen molar-refractivity contribution in [3.63, 3.8) is 0 Å². The molecular formula is C10H7Cl2NO. The highest BCUT2D eigenvalue weighted by Gasteiger charge is 2.05. The second-order valence-corrected chi connectivity index (χ2v) is 3.45. The molecule has 2 nitrogen and oxygen atoms in total. The largest absolute Gasteiger partial charge is 0.298 e. The van der Waals surface area contributed by atoms with Gasteiger partial charge in [0.2, 0.25) is 0 Å². The number of nitriles is 1. The van der Waals surface area contributed by atoms with E-state index in [1.165, 1.54) is 0 Å². The van der Waals surface area contributed by atoms with Crippen LogP contribution in [0.4, 0.5) is 0 Å². The number of ketones is 1. The van der Waals surface area contributed by atoms with Gasteiger partial charge in [-0.15, -0.1) is 11.6 Å². The van der Waals surface area contributed by atoms with Gasteiger partial charge in [0.1, 0.15) is 6.07 Å². The molecule has 0 saturated heterocycles. The van der Waals surface area contributed by atoms with Crippen molar-refractivity contribution in [2.75, 3.05) is 5.88 Å². The second-order valence-electron chi connectivity index (χ2n) is 2.78. The summed E-state index contributed by atoms with van der Waals surface area (Å²) in [6.07, 6.45) is 0.245. The van der Waals surface area contributed by atoms with Gasteiger partial charge in [0.15, 0.2) is 5.78 Å². The Labute approximate surface area is 92.1 Å². The molecular weight excluding hydrogens is 221 g/mol. The molecule has 0 aliphatic rings. The SMILES string of the molecule is N#Cc1cc(CC(=O)CCl)ccc1Cl. The molecule has 1 aromatic rings. The highest BCUT2D eigenvalue weighted by Crippen LogP contribution is 2.17. The predicted octanol–water partition coefficient (Wildman–Crippen LogP) is 2.56. The molecule has 0 radical (unpaired) electrons. The number of hydrogen-bond acceptors (Lipinski definition) is 2. The van der Waals surface area contributed by atoms with E-state index in [0.29, 0.717) is 10.6 Å². The molecule has 0 aliphatic carbocycles. The van der Waals surface area contributed by atoms with Crippen LogP contribution in [0.15, 0.2) is 18.2 Å². The molecule has 0 N–H and O–H groups in total. The first-order chi connectivity index (χ1) is 6.67. The zero-order chi connectivity index (χ0) is 10.6. The highest BCUT2D eigenvalue weighted by molar-refractivity contribution is 6.31. The van der Waals surface area contributed by atoms with E-state index in [4.69, 9.17) is 28.5 Å². The van der Waals surface area contributed by atoms with Crippen molar-refractivity contribution in [1.82, 2.24) is 0 Å². The van der Waals surface area contributed by atoms with Crippen LogP contribution in [-0.2, 0) is 11.2 Å². The summed E-state index contributed by atoms with van der Waals surface area (Å²) in [6.45, 7) is 0. The zero-order valence-corrected chi connectivity index (χ0v) is 8.77. The lowest BCUT2D eigenvalue weighted by Gasteiger charge is -2.00. The maximum atomic E-state index is 11.0. The molecule has 0 atom stereocenters. The van der Waals surface area contributed by atoms with Crippen LogP contribution in [0.25, 0.3) is 0 Å². The minimum Gasteiger partial charge on any atom is -0.298 e. The van der Waals surface area contributed by atoms with Crippen molar-refractivity contribution in [1.29, 1.82) is 5.26 Å². The quantitative estimate of drug-likeness (QED) is 0.746. The van der Waals surface area contributed by atoms with E-state index in [1.54, 1.807) is 18.2 Å². The number of Topliss-reactive ketones (excluding diaryl/α,β-unsaturated/α-hetero) is 1. The molecule has 72 valence electrons. The normalized spacial score (nSPS) is 9.50. The Hall–Kier alpha value is -1.04. The molecule has 14 heavy (non-hydrogen) atoms. The molecule has 0 unspecified atom stereocenters. The van der Waals surface area contributed by atoms with Gasteiger partial charge in [0, 0.05) is 6.42 Å². The van der Waals surface area contributed by atoms with Crippen LogP contribution in [0.1, 0.15) is 11.1 Å². The number of halogens is 2. The first kappa shape index (κ1) is 11.0. The van der Waals surface area contributed by atoms with Crippen LogP contribution in [0.2, 0.25) is 5.02 Å². The van der Waals surface area contributed by atoms with Crippen LogP contribution in [0.3, 0.4) is 0 Å². The monoisotopic (exact) mass is 227 g/mol. The van der Waals surface area contributed by atoms with Gasteiger partial charge in [-0.05, 0) is 17.7 Å². The highest BCUT2D eigenvalue weighted by atomic mass is 35.5. The van der Waals surface area contributed by atoms with Gasteiger partial charge in [-0.25, -0.2) is 0 Å². The maximum absolute atomic E-state index is 11.0. The summed E-state index contributed by atoms with van der Waals surface area (Å²) in [5.74, 6) is -0.0808. The van der Waals surface area contributed by atoms with Gasteiger partial charge in [-0.1, -0.05) is 17.7 Å². The molecule has 0 aliphatic heterocycles. The fourth-order valence-corrected chi connectivity index (χ4v) is 1.30. The van der Waals surface area contributed by atoms with Gasteiger partial charge in [-0.3, -0.25) is 4.79 Å². The Bertz CT molecular complexity index is 396. The summed E-state index contributed by atoms with van der Waals surface area (Å²) in [7, 11) is 0. The van der Waals surface area contributed by atoms with Crippen molar-refractivity contribution >= 4 is 29.0 Å². The van der Waals surface area contributed by atoms with Gasteiger partial charge in [0.25, 0.3) is 0 Å². The second kappa shape index (κ2) is 4.99. The average molecular weight is 228 g/mol. The lowest BCUT2D eigenvalue weighted by molar-refractivity contribution is -0.116. The summed E-state index contributed by atoms with van der Waals surface area (Å²) in [5, 5.41) is 9.09. The number of benzene rings is 1. The number of rotatable bonds is 3. The van der Waals surface area contributed by atoms with Gasteiger partial charge < -0.3 is 0 Å². The molecule has 0 heterocycles. The molecule has 0 spiro atoms. The third-order valence-corrected chi connectivity index (χ3v) is 2.33. The lowest BCUT2D eigenvalue weighted by Crippen LogP contribution is -2.03. The van der Waals surface area contributed by atoms with Gasteiger partial charge in [-0.2, -0.15) is 5.26 Å². The third kappa shape index (κ3) is 2.73. The minimum absolute atomic E-state index is 0.00941. The van der Waals surface area contributed by atoms with Crippen molar-refractivity contribution < 1.29 is 4.79 Å². The molecule has 4 heteroatoms. The van der Waals surface area contributed by atoms with E-state index >= 15 is 0 Å². The van der Waals surface area contributed by atoms with Crippen LogP contribution >= 0.6 is 23.2 Å². The number of hydrogen-bond donors (Lipinski definition) is 0. The summed E-state index contributed by atoms with van der Waals surface area (Å²) in [5.41, 5.74) is 1.14. The Kier molecular flexibility index (Phi) is 3.94. The maximum Gasteiger partial charge on any atom is 0.151 e. The smallest absolute Gasteiger partial charge is 0.151 e. The van der Waals surface area contributed by atoms with E-state index in [-0.39, 0.29) is 18.1 Å². The predicted molar refractivity (Wildman–Crippen MR) is 55.6 cm³/mol. The van der Waals surface area contributed by atoms with Crippen LogP contribution in [0.5, 0.6) is 0 Å². The number of nitrogens with zero attached hydrogens (tertiary/aromatic N) is 1. The molecule has 0 saturated carbocycles. The summed E-state index contributed by atoms with van der Waals surface area (Å²) < 4.78 is 0. The number of carbonyl (C=O) groups is 1. The van der Waals surface area contributed by atoms with E-state index in [0.717, 1.165) is 5.56 Å². The molecule has 0 bridgehead atoms. The zero-order valence-electron chi connectivity index (χ0n) is 7.26. The summed E-state index contributed by atoms with van der Waals surface area (Å²) in [4.78, 5) is 11.0. The van der Waals surface area contributed by atoms with Gasteiger partial charge >= 0.3 is 0 Å². The Morgan fingerprint density at radius 3 is 2.79 bits per heavy atom. The van der Waals surface area contributed by atoms with E-state index in [9.17, 15) is 4.79 Å². The van der Waals surface area contributed by atoms with Crippen LogP contribution in [-0.4, -0.2) is 11.7 Å². The van der Waals surface area contributed by atoms with E-state index in [2.05, 4.69) is 0 Å². The van der Waals surface area contributed by atoms with E-state index < -0.39 is 0 Å². The van der Waals surface area contributed by atoms with Gasteiger partial charge in [0.05, 0.1) is 16.5 Å². The fraction of sp³-hybridized carbons (Fsp3) is 0.200. The molecule has 0 amide bonds. The molecule has 1 aromatic carbocycles. The Morgan fingerprint density at radius 2 is 2.21 bits per heavy atom. The lowest BCUT2D eigenvalue weighted by atomic mass is 10.1. The Balaban J connectivity index is 2.91. The summed E-state index contributed by atoms with van der Waals surface area (Å²) >= 11 is 11.1. The fourth-order valence-electron chi connectivity index (χ4n) is 1.04.